The highest BCUT2D eigenvalue weighted by Gasteiger charge is 2.44. The predicted octanol–water partition coefficient (Wildman–Crippen LogP) is -0.509. The molecule has 0 bridgehead atoms. The largest absolute Gasteiger partial charge is 0.496 e. The van der Waals surface area contributed by atoms with Crippen LogP contribution in [0.2, 0.25) is 0 Å². The van der Waals surface area contributed by atoms with Crippen molar-refractivity contribution in [1.29, 1.82) is 0 Å². The summed E-state index contributed by atoms with van der Waals surface area (Å²) in [5.74, 6) is 1.17. The van der Waals surface area contributed by atoms with Crippen molar-refractivity contribution in [1.82, 2.24) is 0 Å². The van der Waals surface area contributed by atoms with E-state index in [9.17, 15) is 15.3 Å². The van der Waals surface area contributed by atoms with Crippen molar-refractivity contribution in [2.45, 2.75) is 44.6 Å². The van der Waals surface area contributed by atoms with Gasteiger partial charge in [0.05, 0.1) is 13.7 Å². The molecule has 0 aliphatic carbocycles. The van der Waals surface area contributed by atoms with Crippen molar-refractivity contribution in [3.63, 3.8) is 0 Å². The van der Waals surface area contributed by atoms with Gasteiger partial charge in [-0.05, 0) is 37.1 Å². The summed E-state index contributed by atoms with van der Waals surface area (Å²) in [7, 11) is 1.57. The first-order valence-electron chi connectivity index (χ1n) is 7.01. The van der Waals surface area contributed by atoms with Gasteiger partial charge >= 0.3 is 0 Å². The Labute approximate surface area is 128 Å². The Morgan fingerprint density at radius 1 is 1.00 bits per heavy atom. The predicted molar refractivity (Wildman–Crippen MR) is 76.9 cm³/mol. The molecule has 1 aromatic carbocycles. The van der Waals surface area contributed by atoms with Gasteiger partial charge in [-0.3, -0.25) is 0 Å². The number of aliphatic hydroxyl groups excluding tert-OH is 4. The van der Waals surface area contributed by atoms with Gasteiger partial charge in [-0.15, -0.1) is 0 Å². The quantitative estimate of drug-likeness (QED) is 0.593. The zero-order valence-electron chi connectivity index (χ0n) is 12.8. The molecule has 124 valence electrons. The number of ether oxygens (including phenoxy) is 3. The molecule has 0 spiro atoms. The van der Waals surface area contributed by atoms with E-state index in [2.05, 4.69) is 0 Å². The van der Waals surface area contributed by atoms with Crippen molar-refractivity contribution >= 4 is 0 Å². The number of benzene rings is 1. The Balaban J connectivity index is 2.21. The summed E-state index contributed by atoms with van der Waals surface area (Å²) in [6, 6.07) is 3.52. The number of aryl methyl sites for hydroxylation is 2. The molecule has 22 heavy (non-hydrogen) atoms. The average Bonchev–Trinajstić information content (AvgIpc) is 2.50. The third-order valence-corrected chi connectivity index (χ3v) is 3.78. The van der Waals surface area contributed by atoms with E-state index in [0.717, 1.165) is 11.1 Å². The highest BCUT2D eigenvalue weighted by molar-refractivity contribution is 5.45. The van der Waals surface area contributed by atoms with Crippen LogP contribution in [0.15, 0.2) is 12.1 Å². The molecule has 0 unspecified atom stereocenters. The van der Waals surface area contributed by atoms with Crippen molar-refractivity contribution < 1.29 is 34.6 Å². The molecule has 1 heterocycles. The molecule has 5 atom stereocenters. The lowest BCUT2D eigenvalue weighted by molar-refractivity contribution is -0.277. The molecule has 1 aromatic rings. The van der Waals surface area contributed by atoms with E-state index in [-0.39, 0.29) is 0 Å². The lowest BCUT2D eigenvalue weighted by Crippen LogP contribution is -2.60. The van der Waals surface area contributed by atoms with Crippen LogP contribution in [0.5, 0.6) is 11.5 Å². The second-order valence-corrected chi connectivity index (χ2v) is 5.40. The van der Waals surface area contributed by atoms with Crippen molar-refractivity contribution in [2.75, 3.05) is 13.7 Å². The van der Waals surface area contributed by atoms with Gasteiger partial charge in [0.2, 0.25) is 6.29 Å². The van der Waals surface area contributed by atoms with Gasteiger partial charge in [0, 0.05) is 0 Å². The Morgan fingerprint density at radius 3 is 2.18 bits per heavy atom. The Kier molecular flexibility index (Phi) is 5.25. The van der Waals surface area contributed by atoms with Crippen LogP contribution in [0.3, 0.4) is 0 Å². The molecule has 1 fully saturated rings. The fourth-order valence-corrected chi connectivity index (χ4v) is 2.40. The minimum atomic E-state index is -1.46. The number of hydrogen-bond donors (Lipinski definition) is 4. The van der Waals surface area contributed by atoms with Gasteiger partial charge < -0.3 is 34.6 Å². The van der Waals surface area contributed by atoms with E-state index in [1.165, 1.54) is 0 Å². The Bertz CT molecular complexity index is 517. The maximum atomic E-state index is 9.98. The average molecular weight is 314 g/mol. The second-order valence-electron chi connectivity index (χ2n) is 5.40. The molecule has 0 saturated carbocycles. The van der Waals surface area contributed by atoms with E-state index >= 15 is 0 Å². The zero-order chi connectivity index (χ0) is 16.4. The van der Waals surface area contributed by atoms with Gasteiger partial charge in [-0.25, -0.2) is 0 Å². The van der Waals surface area contributed by atoms with Crippen molar-refractivity contribution in [3.05, 3.63) is 23.3 Å². The van der Waals surface area contributed by atoms with Crippen molar-refractivity contribution in [3.8, 4) is 11.5 Å². The summed E-state index contributed by atoms with van der Waals surface area (Å²) < 4.78 is 16.2. The first-order chi connectivity index (χ1) is 10.4. The lowest BCUT2D eigenvalue weighted by atomic mass is 9.99. The molecular formula is C15H22O7. The number of methoxy groups -OCH3 is 1. The smallest absolute Gasteiger partial charge is 0.229 e. The van der Waals surface area contributed by atoms with E-state index in [0.29, 0.717) is 11.5 Å². The van der Waals surface area contributed by atoms with Gasteiger partial charge in [0.1, 0.15) is 35.9 Å². The molecule has 0 amide bonds. The molecule has 4 N–H and O–H groups in total. The summed E-state index contributed by atoms with van der Waals surface area (Å²) in [5, 5.41) is 38.6. The SMILES string of the molecule is COc1cc(C)c(O[C@@H]2O[C@H](CO)[C@@H](O)[C@H](O)[C@H]2O)cc1C. The monoisotopic (exact) mass is 314 g/mol. The lowest BCUT2D eigenvalue weighted by Gasteiger charge is -2.39. The summed E-state index contributed by atoms with van der Waals surface area (Å²) in [5.41, 5.74) is 1.60. The molecule has 7 heteroatoms. The topological polar surface area (TPSA) is 109 Å². The van der Waals surface area contributed by atoms with Gasteiger partial charge in [-0.2, -0.15) is 0 Å². The van der Waals surface area contributed by atoms with Crippen LogP contribution in [-0.2, 0) is 4.74 Å². The van der Waals surface area contributed by atoms with Crippen LogP contribution < -0.4 is 9.47 Å². The molecule has 1 aliphatic rings. The molecule has 7 nitrogen and oxygen atoms in total. The van der Waals surface area contributed by atoms with E-state index < -0.39 is 37.3 Å². The van der Waals surface area contributed by atoms with Crippen LogP contribution in [0.4, 0.5) is 0 Å². The normalized spacial score (nSPS) is 31.9. The van der Waals surface area contributed by atoms with Crippen LogP contribution in [0.25, 0.3) is 0 Å². The highest BCUT2D eigenvalue weighted by atomic mass is 16.7. The molecule has 2 rings (SSSR count). The minimum Gasteiger partial charge on any atom is -0.496 e. The Hall–Kier alpha value is -1.38. The Morgan fingerprint density at radius 2 is 1.59 bits per heavy atom. The number of rotatable bonds is 4. The first kappa shape index (κ1) is 17.0. The third kappa shape index (κ3) is 3.18. The van der Waals surface area contributed by atoms with Crippen LogP contribution in [0.1, 0.15) is 11.1 Å². The molecule has 1 aliphatic heterocycles. The standard InChI is InChI=1S/C15H22O7/c1-7-5-10(8(2)4-9(7)20-3)21-15-14(19)13(18)12(17)11(6-16)22-15/h4-5,11-19H,6H2,1-3H3/t11-,12-,13+,14-,15-/m1/s1. The first-order valence-corrected chi connectivity index (χ1v) is 7.01. The second kappa shape index (κ2) is 6.80. The number of aliphatic hydroxyl groups is 4. The molecule has 0 radical (unpaired) electrons. The summed E-state index contributed by atoms with van der Waals surface area (Å²) in [4.78, 5) is 0. The summed E-state index contributed by atoms with van der Waals surface area (Å²) in [6.07, 6.45) is -6.49. The van der Waals surface area contributed by atoms with Crippen LogP contribution >= 0.6 is 0 Å². The van der Waals surface area contributed by atoms with Gasteiger partial charge in [-0.1, -0.05) is 0 Å². The highest BCUT2D eigenvalue weighted by Crippen LogP contribution is 2.30. The fourth-order valence-electron chi connectivity index (χ4n) is 2.40. The maximum absolute atomic E-state index is 9.98. The minimum absolute atomic E-state index is 0.461. The fraction of sp³-hybridized carbons (Fsp3) is 0.600. The van der Waals surface area contributed by atoms with Gasteiger partial charge in [0.15, 0.2) is 0 Å². The van der Waals surface area contributed by atoms with Gasteiger partial charge in [0.25, 0.3) is 0 Å². The van der Waals surface area contributed by atoms with Crippen LogP contribution in [-0.4, -0.2) is 64.8 Å². The van der Waals surface area contributed by atoms with Crippen molar-refractivity contribution in [2.24, 2.45) is 0 Å². The van der Waals surface area contributed by atoms with E-state index in [1.807, 2.05) is 6.92 Å². The maximum Gasteiger partial charge on any atom is 0.229 e. The van der Waals surface area contributed by atoms with E-state index in [1.54, 1.807) is 26.2 Å². The van der Waals surface area contributed by atoms with E-state index in [4.69, 9.17) is 19.3 Å². The molecular weight excluding hydrogens is 292 g/mol. The summed E-state index contributed by atoms with van der Waals surface area (Å²) >= 11 is 0. The summed E-state index contributed by atoms with van der Waals surface area (Å²) in [6.45, 7) is 3.16. The molecule has 1 saturated heterocycles. The molecule has 0 aromatic heterocycles. The zero-order valence-corrected chi connectivity index (χ0v) is 12.8. The number of hydrogen-bond acceptors (Lipinski definition) is 7. The third-order valence-electron chi connectivity index (χ3n) is 3.78. The van der Waals surface area contributed by atoms with Crippen LogP contribution in [0, 0.1) is 13.8 Å².